The first-order valence-corrected chi connectivity index (χ1v) is 11.3. The molecule has 0 atom stereocenters. The number of rotatable bonds is 5. The summed E-state index contributed by atoms with van der Waals surface area (Å²) >= 11 is 0. The Balaban J connectivity index is 1.63. The number of hydrogen-bond acceptors (Lipinski definition) is 4. The van der Waals surface area contributed by atoms with Crippen LogP contribution in [-0.4, -0.2) is 54.0 Å². The van der Waals surface area contributed by atoms with Crippen molar-refractivity contribution in [2.24, 2.45) is 0 Å². The van der Waals surface area contributed by atoms with Gasteiger partial charge in [-0.25, -0.2) is 0 Å². The van der Waals surface area contributed by atoms with Gasteiger partial charge in [0, 0.05) is 43.8 Å². The number of nitrogens with zero attached hydrogens (tertiary/aromatic N) is 3. The zero-order valence-corrected chi connectivity index (χ0v) is 17.8. The molecule has 30 heavy (non-hydrogen) atoms. The molecule has 6 heteroatoms. The van der Waals surface area contributed by atoms with E-state index in [0.717, 1.165) is 79.8 Å². The summed E-state index contributed by atoms with van der Waals surface area (Å²) < 4.78 is 15.5. The molecule has 0 unspecified atom stereocenters. The van der Waals surface area contributed by atoms with Crippen molar-refractivity contribution in [1.29, 1.82) is 0 Å². The summed E-state index contributed by atoms with van der Waals surface area (Å²) in [6.07, 6.45) is 7.94. The zero-order chi connectivity index (χ0) is 20.5. The molecule has 0 radical (unpaired) electrons. The van der Waals surface area contributed by atoms with Crippen molar-refractivity contribution in [1.82, 2.24) is 14.0 Å². The number of hydrogen-bond donors (Lipinski definition) is 0. The molecule has 1 aliphatic carbocycles. The minimum atomic E-state index is 0.141. The molecule has 160 valence electrons. The van der Waals surface area contributed by atoms with Crippen LogP contribution in [0, 0.1) is 0 Å². The molecule has 2 aromatic heterocycles. The van der Waals surface area contributed by atoms with Crippen molar-refractivity contribution in [3.63, 3.8) is 0 Å². The van der Waals surface area contributed by atoms with Crippen LogP contribution in [-0.2, 0) is 11.3 Å². The Labute approximate surface area is 177 Å². The van der Waals surface area contributed by atoms with Crippen molar-refractivity contribution in [3.05, 3.63) is 40.8 Å². The fraction of sp³-hybridized carbons (Fsp3) is 0.542. The number of benzene rings is 1. The number of aromatic nitrogens is 2. The summed E-state index contributed by atoms with van der Waals surface area (Å²) in [5.74, 6) is 0.828. The molecule has 0 amide bonds. The summed E-state index contributed by atoms with van der Waals surface area (Å²) in [6, 6.07) is 8.52. The SMILES string of the molecule is COc1cccc2c3c(=O)n(C4CCCCC4)ccc3n(CCN3CCOCC3)c12. The Morgan fingerprint density at radius 2 is 1.87 bits per heavy atom. The van der Waals surface area contributed by atoms with E-state index in [1.165, 1.54) is 19.3 Å². The van der Waals surface area contributed by atoms with E-state index >= 15 is 0 Å². The van der Waals surface area contributed by atoms with Crippen LogP contribution in [0.25, 0.3) is 21.8 Å². The Morgan fingerprint density at radius 1 is 1.07 bits per heavy atom. The number of methoxy groups -OCH3 is 1. The van der Waals surface area contributed by atoms with Crippen LogP contribution in [0.15, 0.2) is 35.3 Å². The van der Waals surface area contributed by atoms with Crippen molar-refractivity contribution < 1.29 is 9.47 Å². The molecule has 5 rings (SSSR count). The van der Waals surface area contributed by atoms with Crippen LogP contribution >= 0.6 is 0 Å². The first kappa shape index (κ1) is 19.6. The van der Waals surface area contributed by atoms with E-state index in [-0.39, 0.29) is 5.56 Å². The maximum atomic E-state index is 13.6. The van der Waals surface area contributed by atoms with Gasteiger partial charge < -0.3 is 18.6 Å². The van der Waals surface area contributed by atoms with E-state index < -0.39 is 0 Å². The molecule has 2 fully saturated rings. The summed E-state index contributed by atoms with van der Waals surface area (Å²) in [7, 11) is 1.71. The molecule has 0 bridgehead atoms. The van der Waals surface area contributed by atoms with Crippen LogP contribution in [0.2, 0.25) is 0 Å². The zero-order valence-electron chi connectivity index (χ0n) is 17.8. The number of para-hydroxylation sites is 1. The van der Waals surface area contributed by atoms with Crippen LogP contribution in [0.3, 0.4) is 0 Å². The van der Waals surface area contributed by atoms with Crippen LogP contribution in [0.1, 0.15) is 38.1 Å². The van der Waals surface area contributed by atoms with Gasteiger partial charge in [-0.3, -0.25) is 9.69 Å². The van der Waals surface area contributed by atoms with Crippen molar-refractivity contribution >= 4 is 21.8 Å². The monoisotopic (exact) mass is 409 g/mol. The quantitative estimate of drug-likeness (QED) is 0.643. The Bertz CT molecular complexity index is 1090. The number of morpholine rings is 1. The number of pyridine rings is 1. The smallest absolute Gasteiger partial charge is 0.260 e. The highest BCUT2D eigenvalue weighted by atomic mass is 16.5. The minimum absolute atomic E-state index is 0.141. The molecule has 1 saturated carbocycles. The second-order valence-electron chi connectivity index (χ2n) is 8.54. The number of ether oxygens (including phenoxy) is 2. The average molecular weight is 410 g/mol. The van der Waals surface area contributed by atoms with Gasteiger partial charge in [0.05, 0.1) is 36.7 Å². The Hall–Kier alpha value is -2.31. The maximum absolute atomic E-state index is 13.6. The minimum Gasteiger partial charge on any atom is -0.495 e. The van der Waals surface area contributed by atoms with Crippen LogP contribution in [0.4, 0.5) is 0 Å². The molecule has 3 aromatic rings. The molecule has 3 heterocycles. The van der Waals surface area contributed by atoms with Crippen LogP contribution in [0.5, 0.6) is 5.75 Å². The molecule has 1 saturated heterocycles. The van der Waals surface area contributed by atoms with E-state index in [2.05, 4.69) is 21.6 Å². The third-order valence-electron chi connectivity index (χ3n) is 6.86. The van der Waals surface area contributed by atoms with E-state index in [1.54, 1.807) is 7.11 Å². The highest BCUT2D eigenvalue weighted by molar-refractivity contribution is 6.09. The first-order chi connectivity index (χ1) is 14.8. The average Bonchev–Trinajstić information content (AvgIpc) is 3.13. The lowest BCUT2D eigenvalue weighted by Gasteiger charge is -2.27. The fourth-order valence-electron chi connectivity index (χ4n) is 5.25. The second-order valence-corrected chi connectivity index (χ2v) is 8.54. The predicted octanol–water partition coefficient (Wildman–Crippen LogP) is 3.80. The van der Waals surface area contributed by atoms with Gasteiger partial charge in [-0.1, -0.05) is 31.4 Å². The van der Waals surface area contributed by atoms with Gasteiger partial charge in [0.2, 0.25) is 0 Å². The van der Waals surface area contributed by atoms with Crippen molar-refractivity contribution in [2.45, 2.75) is 44.7 Å². The lowest BCUT2D eigenvalue weighted by atomic mass is 9.95. The maximum Gasteiger partial charge on any atom is 0.260 e. The van der Waals surface area contributed by atoms with Gasteiger partial charge >= 0.3 is 0 Å². The van der Waals surface area contributed by atoms with E-state index in [9.17, 15) is 4.79 Å². The topological polar surface area (TPSA) is 48.6 Å². The van der Waals surface area contributed by atoms with E-state index in [0.29, 0.717) is 6.04 Å². The van der Waals surface area contributed by atoms with Crippen molar-refractivity contribution in [2.75, 3.05) is 40.0 Å². The lowest BCUT2D eigenvalue weighted by molar-refractivity contribution is 0.0366. The van der Waals surface area contributed by atoms with E-state index in [4.69, 9.17) is 9.47 Å². The highest BCUT2D eigenvalue weighted by Crippen LogP contribution is 2.34. The summed E-state index contributed by atoms with van der Waals surface area (Å²) in [5, 5.41) is 1.83. The standard InChI is InChI=1S/C24H31N3O3/c1-29-21-9-5-8-19-22-20(10-11-26(24(22)28)18-6-3-2-4-7-18)27(23(19)21)13-12-25-14-16-30-17-15-25/h5,8-11,18H,2-4,6-7,12-17H2,1H3. The van der Waals surface area contributed by atoms with E-state index in [1.807, 2.05) is 22.9 Å². The van der Waals surface area contributed by atoms with Gasteiger partial charge in [0.1, 0.15) is 5.75 Å². The Morgan fingerprint density at radius 3 is 2.63 bits per heavy atom. The summed E-state index contributed by atoms with van der Waals surface area (Å²) in [6.45, 7) is 5.27. The largest absolute Gasteiger partial charge is 0.495 e. The second kappa shape index (κ2) is 8.44. The molecule has 0 N–H and O–H groups in total. The summed E-state index contributed by atoms with van der Waals surface area (Å²) in [4.78, 5) is 16.1. The Kier molecular flexibility index (Phi) is 5.52. The lowest BCUT2D eigenvalue weighted by Crippen LogP contribution is -2.38. The van der Waals surface area contributed by atoms with Gasteiger partial charge in [-0.2, -0.15) is 0 Å². The third kappa shape index (κ3) is 3.42. The van der Waals surface area contributed by atoms with Gasteiger partial charge in [0.15, 0.2) is 0 Å². The first-order valence-electron chi connectivity index (χ1n) is 11.3. The highest BCUT2D eigenvalue weighted by Gasteiger charge is 2.22. The molecule has 1 aliphatic heterocycles. The molecule has 1 aromatic carbocycles. The number of fused-ring (bicyclic) bond motifs is 3. The molecule has 2 aliphatic rings. The van der Waals surface area contributed by atoms with Gasteiger partial charge in [-0.05, 0) is 25.0 Å². The molecule has 6 nitrogen and oxygen atoms in total. The third-order valence-corrected chi connectivity index (χ3v) is 6.86. The summed E-state index contributed by atoms with van der Waals surface area (Å²) in [5.41, 5.74) is 2.18. The van der Waals surface area contributed by atoms with Crippen LogP contribution < -0.4 is 10.3 Å². The molecule has 0 spiro atoms. The molecular weight excluding hydrogens is 378 g/mol. The normalized spacial score (nSPS) is 19.0. The van der Waals surface area contributed by atoms with Gasteiger partial charge in [-0.15, -0.1) is 0 Å². The van der Waals surface area contributed by atoms with Crippen molar-refractivity contribution in [3.8, 4) is 5.75 Å². The predicted molar refractivity (Wildman–Crippen MR) is 120 cm³/mol. The van der Waals surface area contributed by atoms with Gasteiger partial charge in [0.25, 0.3) is 5.56 Å². The molecular formula is C24H31N3O3. The fourth-order valence-corrected chi connectivity index (χ4v) is 5.25.